The summed E-state index contributed by atoms with van der Waals surface area (Å²) in [6.07, 6.45) is -0.454. The number of methoxy groups -OCH3 is 1. The van der Waals surface area contributed by atoms with Crippen LogP contribution in [0.4, 0.5) is 4.39 Å². The first kappa shape index (κ1) is 13.3. The molecule has 19 heavy (non-hydrogen) atoms. The van der Waals surface area contributed by atoms with Gasteiger partial charge in [-0.05, 0) is 25.1 Å². The third-order valence-electron chi connectivity index (χ3n) is 3.23. The zero-order chi connectivity index (χ0) is 14.2. The molecule has 4 nitrogen and oxygen atoms in total. The number of carbonyl (C=O) groups excluding carboxylic acids is 2. The molecule has 0 amide bonds. The third-order valence-corrected chi connectivity index (χ3v) is 3.23. The minimum absolute atomic E-state index is 0.0801. The lowest BCUT2D eigenvalue weighted by atomic mass is 10.1. The Bertz CT molecular complexity index is 673. The summed E-state index contributed by atoms with van der Waals surface area (Å²) in [4.78, 5) is 22.9. The Morgan fingerprint density at radius 1 is 1.37 bits per heavy atom. The van der Waals surface area contributed by atoms with Crippen LogP contribution in [-0.2, 0) is 16.6 Å². The lowest BCUT2D eigenvalue weighted by molar-refractivity contribution is -0.139. The molecule has 2 aromatic rings. The van der Waals surface area contributed by atoms with Gasteiger partial charge in [-0.25, -0.2) is 4.39 Å². The highest BCUT2D eigenvalue weighted by molar-refractivity contribution is 6.07. The Morgan fingerprint density at radius 2 is 2.05 bits per heavy atom. The largest absolute Gasteiger partial charge is 0.469 e. The van der Waals surface area contributed by atoms with Gasteiger partial charge >= 0.3 is 5.97 Å². The number of ether oxygens (including phenoxy) is 1. The van der Waals surface area contributed by atoms with Crippen molar-refractivity contribution in [2.45, 2.75) is 13.3 Å². The first-order valence-corrected chi connectivity index (χ1v) is 5.80. The quantitative estimate of drug-likeness (QED) is 0.485. The molecule has 0 atom stereocenters. The van der Waals surface area contributed by atoms with Crippen molar-refractivity contribution in [1.29, 1.82) is 0 Å². The van der Waals surface area contributed by atoms with E-state index < -0.39 is 24.0 Å². The summed E-state index contributed by atoms with van der Waals surface area (Å²) in [5.41, 5.74) is 1.53. The fraction of sp³-hybridized carbons (Fsp3) is 0.286. The van der Waals surface area contributed by atoms with Crippen LogP contribution >= 0.6 is 0 Å². The molecule has 0 N–H and O–H groups in total. The molecule has 100 valence electrons. The second-order valence-electron chi connectivity index (χ2n) is 4.38. The molecule has 0 aliphatic rings. The molecule has 0 spiro atoms. The van der Waals surface area contributed by atoms with Gasteiger partial charge in [0.05, 0.1) is 18.2 Å². The second-order valence-corrected chi connectivity index (χ2v) is 4.38. The van der Waals surface area contributed by atoms with Crippen molar-refractivity contribution in [2.75, 3.05) is 7.11 Å². The number of halogens is 1. The van der Waals surface area contributed by atoms with Gasteiger partial charge in [-0.3, -0.25) is 9.59 Å². The van der Waals surface area contributed by atoms with E-state index in [4.69, 9.17) is 0 Å². The average molecular weight is 263 g/mol. The predicted octanol–water partition coefficient (Wildman–Crippen LogP) is 2.37. The summed E-state index contributed by atoms with van der Waals surface area (Å²) in [5, 5.41) is 0.385. The zero-order valence-electron chi connectivity index (χ0n) is 11.0. The first-order chi connectivity index (χ1) is 8.95. The first-order valence-electron chi connectivity index (χ1n) is 5.80. The number of benzene rings is 1. The van der Waals surface area contributed by atoms with Gasteiger partial charge in [0.25, 0.3) is 0 Å². The SMILES string of the molecule is COC(=O)CC(=O)c1ccc2c(cc(C)n2C)c1F. The number of aryl methyl sites for hydroxylation is 2. The molecule has 0 radical (unpaired) electrons. The Morgan fingerprint density at radius 3 is 2.68 bits per heavy atom. The number of aromatic nitrogens is 1. The number of carbonyl (C=O) groups is 2. The average Bonchev–Trinajstić information content (AvgIpc) is 2.67. The number of Topliss-reactive ketones (excluding diaryl/α,β-unsaturated/α-hetero) is 1. The van der Waals surface area contributed by atoms with Crippen LogP contribution in [0, 0.1) is 12.7 Å². The van der Waals surface area contributed by atoms with E-state index in [9.17, 15) is 14.0 Å². The van der Waals surface area contributed by atoms with Crippen molar-refractivity contribution in [3.8, 4) is 0 Å². The van der Waals surface area contributed by atoms with E-state index in [2.05, 4.69) is 4.74 Å². The van der Waals surface area contributed by atoms with Crippen molar-refractivity contribution in [1.82, 2.24) is 4.57 Å². The summed E-state index contributed by atoms with van der Waals surface area (Å²) < 4.78 is 20.5. The molecule has 0 saturated heterocycles. The molecular formula is C14H14FNO3. The van der Waals surface area contributed by atoms with Gasteiger partial charge in [0, 0.05) is 18.1 Å². The topological polar surface area (TPSA) is 48.3 Å². The van der Waals surface area contributed by atoms with Crippen LogP contribution in [0.1, 0.15) is 22.5 Å². The fourth-order valence-electron chi connectivity index (χ4n) is 2.02. The Labute approximate surface area is 109 Å². The maximum Gasteiger partial charge on any atom is 0.313 e. The van der Waals surface area contributed by atoms with Gasteiger partial charge in [-0.15, -0.1) is 0 Å². The van der Waals surface area contributed by atoms with Crippen LogP contribution in [0.3, 0.4) is 0 Å². The molecule has 0 aliphatic carbocycles. The summed E-state index contributed by atoms with van der Waals surface area (Å²) in [6, 6.07) is 4.76. The monoisotopic (exact) mass is 263 g/mol. The number of hydrogen-bond acceptors (Lipinski definition) is 3. The van der Waals surface area contributed by atoms with E-state index in [0.717, 1.165) is 5.69 Å². The summed E-state index contributed by atoms with van der Waals surface area (Å²) in [7, 11) is 3.02. The van der Waals surface area contributed by atoms with Crippen molar-refractivity contribution in [3.05, 3.63) is 35.3 Å². The number of esters is 1. The van der Waals surface area contributed by atoms with Crippen LogP contribution in [-0.4, -0.2) is 23.4 Å². The number of hydrogen-bond donors (Lipinski definition) is 0. The Kier molecular flexibility index (Phi) is 3.38. The van der Waals surface area contributed by atoms with E-state index in [1.54, 1.807) is 12.1 Å². The molecule has 2 rings (SSSR count). The van der Waals surface area contributed by atoms with E-state index in [1.807, 2.05) is 18.5 Å². The van der Waals surface area contributed by atoms with E-state index >= 15 is 0 Å². The Balaban J connectivity index is 2.48. The maximum absolute atomic E-state index is 14.3. The van der Waals surface area contributed by atoms with Crippen LogP contribution in [0.5, 0.6) is 0 Å². The zero-order valence-corrected chi connectivity index (χ0v) is 11.0. The highest BCUT2D eigenvalue weighted by atomic mass is 19.1. The highest BCUT2D eigenvalue weighted by Crippen LogP contribution is 2.24. The molecule has 0 aliphatic heterocycles. The van der Waals surface area contributed by atoms with E-state index in [-0.39, 0.29) is 5.56 Å². The third kappa shape index (κ3) is 2.23. The van der Waals surface area contributed by atoms with Crippen molar-refractivity contribution >= 4 is 22.7 Å². The van der Waals surface area contributed by atoms with Gasteiger partial charge in [-0.1, -0.05) is 0 Å². The van der Waals surface area contributed by atoms with Crippen molar-refractivity contribution in [2.24, 2.45) is 7.05 Å². The van der Waals surface area contributed by atoms with Crippen LogP contribution in [0.25, 0.3) is 10.9 Å². The van der Waals surface area contributed by atoms with Gasteiger partial charge in [-0.2, -0.15) is 0 Å². The van der Waals surface area contributed by atoms with Gasteiger partial charge < -0.3 is 9.30 Å². The van der Waals surface area contributed by atoms with Crippen LogP contribution in [0.15, 0.2) is 18.2 Å². The second kappa shape index (κ2) is 4.84. The molecule has 0 fully saturated rings. The van der Waals surface area contributed by atoms with E-state index in [1.165, 1.54) is 13.2 Å². The van der Waals surface area contributed by atoms with Gasteiger partial charge in [0.2, 0.25) is 0 Å². The number of nitrogens with zero attached hydrogens (tertiary/aromatic N) is 1. The van der Waals surface area contributed by atoms with Crippen molar-refractivity contribution in [3.63, 3.8) is 0 Å². The number of rotatable bonds is 3. The van der Waals surface area contributed by atoms with Crippen LogP contribution < -0.4 is 0 Å². The fourth-order valence-corrected chi connectivity index (χ4v) is 2.02. The summed E-state index contributed by atoms with van der Waals surface area (Å²) >= 11 is 0. The van der Waals surface area contributed by atoms with Crippen molar-refractivity contribution < 1.29 is 18.7 Å². The minimum Gasteiger partial charge on any atom is -0.469 e. The molecule has 0 unspecified atom stereocenters. The molecular weight excluding hydrogens is 249 g/mol. The minimum atomic E-state index is -0.672. The normalized spacial score (nSPS) is 10.7. The van der Waals surface area contributed by atoms with E-state index in [0.29, 0.717) is 10.9 Å². The summed E-state index contributed by atoms with van der Waals surface area (Å²) in [6.45, 7) is 1.86. The molecule has 0 saturated carbocycles. The van der Waals surface area contributed by atoms with Crippen LogP contribution in [0.2, 0.25) is 0 Å². The molecule has 5 heteroatoms. The molecule has 1 aromatic carbocycles. The van der Waals surface area contributed by atoms with Gasteiger partial charge in [0.1, 0.15) is 12.2 Å². The van der Waals surface area contributed by atoms with Gasteiger partial charge in [0.15, 0.2) is 5.78 Å². The lowest BCUT2D eigenvalue weighted by Gasteiger charge is -2.04. The Hall–Kier alpha value is -2.17. The predicted molar refractivity (Wildman–Crippen MR) is 68.6 cm³/mol. The molecule has 0 bridgehead atoms. The standard InChI is InChI=1S/C14H14FNO3/c1-8-6-10-11(16(8)2)5-4-9(14(10)15)12(17)7-13(18)19-3/h4-6H,7H2,1-3H3. The highest BCUT2D eigenvalue weighted by Gasteiger charge is 2.19. The maximum atomic E-state index is 14.3. The molecule has 1 heterocycles. The lowest BCUT2D eigenvalue weighted by Crippen LogP contribution is -2.11. The molecule has 1 aromatic heterocycles. The summed E-state index contributed by atoms with van der Waals surface area (Å²) in [5.74, 6) is -1.84. The number of ketones is 1. The number of fused-ring (bicyclic) bond motifs is 1. The smallest absolute Gasteiger partial charge is 0.313 e.